The number of hydrogen-bond acceptors (Lipinski definition) is 6. The lowest BCUT2D eigenvalue weighted by atomic mass is 9.92. The number of halogens is 2. The number of rotatable bonds is 5. The van der Waals surface area contributed by atoms with Gasteiger partial charge in [-0.15, -0.1) is 5.01 Å². The van der Waals surface area contributed by atoms with E-state index in [1.807, 2.05) is 0 Å². The van der Waals surface area contributed by atoms with E-state index in [1.165, 1.54) is 49.4 Å². The summed E-state index contributed by atoms with van der Waals surface area (Å²) in [5.74, 6) is -1.63. The predicted octanol–water partition coefficient (Wildman–Crippen LogP) is 2.50. The van der Waals surface area contributed by atoms with Crippen molar-refractivity contribution >= 4 is 18.2 Å². The molecule has 0 aromatic heterocycles. The summed E-state index contributed by atoms with van der Waals surface area (Å²) in [4.78, 5) is 24.9. The minimum atomic E-state index is -2.98. The van der Waals surface area contributed by atoms with Gasteiger partial charge in [-0.3, -0.25) is 4.79 Å². The van der Waals surface area contributed by atoms with Gasteiger partial charge in [-0.2, -0.15) is 13.9 Å². The number of imide groups is 1. The zero-order valence-corrected chi connectivity index (χ0v) is 14.5. The van der Waals surface area contributed by atoms with Gasteiger partial charge in [-0.1, -0.05) is 18.2 Å². The molecular weight excluding hydrogens is 376 g/mol. The second-order valence-electron chi connectivity index (χ2n) is 6.03. The molecule has 3 N–H and O–H groups in total. The Hall–Kier alpha value is -3.69. The molecule has 0 radical (unpaired) electrons. The number of benzene rings is 2. The van der Waals surface area contributed by atoms with Crippen molar-refractivity contribution in [2.45, 2.75) is 19.1 Å². The Labute approximate surface area is 157 Å². The summed E-state index contributed by atoms with van der Waals surface area (Å²) >= 11 is 0. The second kappa shape index (κ2) is 7.14. The van der Waals surface area contributed by atoms with Crippen LogP contribution in [0.25, 0.3) is 0 Å². The molecule has 1 saturated heterocycles. The smallest absolute Gasteiger partial charge is 0.387 e. The van der Waals surface area contributed by atoms with Crippen molar-refractivity contribution in [1.29, 1.82) is 0 Å². The lowest BCUT2D eigenvalue weighted by molar-refractivity contribution is -0.131. The maximum Gasteiger partial charge on any atom is 0.387 e. The summed E-state index contributed by atoms with van der Waals surface area (Å²) in [6.07, 6.45) is 1.05. The van der Waals surface area contributed by atoms with Crippen molar-refractivity contribution < 1.29 is 33.3 Å². The maximum atomic E-state index is 12.7. The fourth-order valence-corrected chi connectivity index (χ4v) is 2.67. The third kappa shape index (κ3) is 3.43. The van der Waals surface area contributed by atoms with Crippen LogP contribution in [0.4, 0.5) is 13.6 Å². The molecule has 1 fully saturated rings. The van der Waals surface area contributed by atoms with Gasteiger partial charge in [0.25, 0.3) is 5.91 Å². The van der Waals surface area contributed by atoms with Crippen LogP contribution >= 0.6 is 0 Å². The van der Waals surface area contributed by atoms with Gasteiger partial charge in [0.05, 0.1) is 6.21 Å². The number of para-hydroxylation sites is 1. The van der Waals surface area contributed by atoms with E-state index < -0.39 is 29.8 Å². The van der Waals surface area contributed by atoms with Gasteiger partial charge in [0, 0.05) is 5.56 Å². The van der Waals surface area contributed by atoms with Gasteiger partial charge in [-0.05, 0) is 36.8 Å². The lowest BCUT2D eigenvalue weighted by Gasteiger charge is -2.21. The molecule has 0 bridgehead atoms. The number of hydrazone groups is 1. The Bertz CT molecular complexity index is 949. The molecule has 28 heavy (non-hydrogen) atoms. The number of aromatic hydroxyl groups is 2. The van der Waals surface area contributed by atoms with E-state index in [1.54, 1.807) is 0 Å². The highest BCUT2D eigenvalue weighted by Crippen LogP contribution is 2.31. The predicted molar refractivity (Wildman–Crippen MR) is 93.2 cm³/mol. The zero-order valence-electron chi connectivity index (χ0n) is 14.5. The molecule has 0 spiro atoms. The van der Waals surface area contributed by atoms with E-state index in [-0.39, 0.29) is 17.1 Å². The Morgan fingerprint density at radius 3 is 2.50 bits per heavy atom. The van der Waals surface area contributed by atoms with Crippen LogP contribution in [0, 0.1) is 0 Å². The fraction of sp³-hybridized carbons (Fsp3) is 0.167. The highest BCUT2D eigenvalue weighted by molar-refractivity contribution is 6.07. The average molecular weight is 391 g/mol. The Kier molecular flexibility index (Phi) is 4.87. The Morgan fingerprint density at radius 1 is 1.18 bits per heavy atom. The quantitative estimate of drug-likeness (QED) is 0.412. The standard InChI is InChI=1S/C18H15F2N3O5/c1-18(11-5-7-12(8-6-11)28-16(19)20)15(26)23(17(27)22-18)21-9-10-3-2-4-13(24)14(10)25/h2-9,16,24-25H,1H3,(H,22,27)/t18-/m1/s1. The molecule has 0 aliphatic carbocycles. The first-order valence-corrected chi connectivity index (χ1v) is 7.99. The first-order chi connectivity index (χ1) is 13.2. The normalized spacial score (nSPS) is 19.5. The molecule has 2 aromatic rings. The van der Waals surface area contributed by atoms with Crippen LogP contribution in [0.3, 0.4) is 0 Å². The number of hydrogen-bond donors (Lipinski definition) is 3. The molecule has 0 unspecified atom stereocenters. The van der Waals surface area contributed by atoms with Gasteiger partial charge in [-0.25, -0.2) is 4.79 Å². The number of nitrogens with one attached hydrogen (secondary N) is 1. The highest BCUT2D eigenvalue weighted by Gasteiger charge is 2.49. The van der Waals surface area contributed by atoms with Crippen molar-refractivity contribution in [2.75, 3.05) is 0 Å². The van der Waals surface area contributed by atoms with Gasteiger partial charge in [0.2, 0.25) is 0 Å². The number of urea groups is 1. The highest BCUT2D eigenvalue weighted by atomic mass is 19.3. The van der Waals surface area contributed by atoms with E-state index in [0.29, 0.717) is 10.6 Å². The van der Waals surface area contributed by atoms with Crippen molar-refractivity contribution in [3.05, 3.63) is 53.6 Å². The van der Waals surface area contributed by atoms with Crippen LogP contribution in [0.5, 0.6) is 17.2 Å². The molecule has 1 aliphatic rings. The molecule has 2 aromatic carbocycles. The summed E-state index contributed by atoms with van der Waals surface area (Å²) in [6.45, 7) is -1.54. The molecule has 1 atom stereocenters. The number of carbonyl (C=O) groups is 2. The molecule has 3 amide bonds. The number of alkyl halides is 2. The molecule has 10 heteroatoms. The minimum absolute atomic E-state index is 0.0895. The van der Waals surface area contributed by atoms with E-state index in [9.17, 15) is 28.6 Å². The number of ether oxygens (including phenoxy) is 1. The third-order valence-electron chi connectivity index (χ3n) is 4.18. The van der Waals surface area contributed by atoms with Crippen LogP contribution in [0.15, 0.2) is 47.6 Å². The minimum Gasteiger partial charge on any atom is -0.504 e. The number of amides is 3. The van der Waals surface area contributed by atoms with Gasteiger partial charge in [0.15, 0.2) is 11.5 Å². The molecule has 8 nitrogen and oxygen atoms in total. The second-order valence-corrected chi connectivity index (χ2v) is 6.03. The zero-order chi connectivity index (χ0) is 20.5. The number of phenolic OH excluding ortho intramolecular Hbond substituents is 2. The third-order valence-corrected chi connectivity index (χ3v) is 4.18. The summed E-state index contributed by atoms with van der Waals surface area (Å²) in [6, 6.07) is 8.60. The van der Waals surface area contributed by atoms with Crippen molar-refractivity contribution in [3.8, 4) is 17.2 Å². The maximum absolute atomic E-state index is 12.7. The number of nitrogens with zero attached hydrogens (tertiary/aromatic N) is 2. The molecule has 0 saturated carbocycles. The Morgan fingerprint density at radius 2 is 1.86 bits per heavy atom. The van der Waals surface area contributed by atoms with E-state index in [2.05, 4.69) is 15.2 Å². The summed E-state index contributed by atoms with van der Waals surface area (Å²) in [5, 5.41) is 26.1. The number of carbonyl (C=O) groups excluding carboxylic acids is 2. The van der Waals surface area contributed by atoms with Gasteiger partial charge >= 0.3 is 12.6 Å². The first-order valence-electron chi connectivity index (χ1n) is 7.99. The van der Waals surface area contributed by atoms with Crippen LogP contribution < -0.4 is 10.1 Å². The molecule has 3 rings (SSSR count). The first kappa shape index (κ1) is 19.1. The summed E-state index contributed by atoms with van der Waals surface area (Å²) in [7, 11) is 0. The van der Waals surface area contributed by atoms with Crippen molar-refractivity contribution in [3.63, 3.8) is 0 Å². The van der Waals surface area contributed by atoms with Crippen LogP contribution in [0.2, 0.25) is 0 Å². The summed E-state index contributed by atoms with van der Waals surface area (Å²) < 4.78 is 28.8. The van der Waals surface area contributed by atoms with E-state index >= 15 is 0 Å². The van der Waals surface area contributed by atoms with Crippen LogP contribution in [-0.2, 0) is 10.3 Å². The van der Waals surface area contributed by atoms with Crippen molar-refractivity contribution in [2.24, 2.45) is 5.10 Å². The summed E-state index contributed by atoms with van der Waals surface area (Å²) in [5.41, 5.74) is -1.04. The average Bonchev–Trinajstić information content (AvgIpc) is 2.86. The molecule has 146 valence electrons. The van der Waals surface area contributed by atoms with Gasteiger partial charge < -0.3 is 20.3 Å². The largest absolute Gasteiger partial charge is 0.504 e. The topological polar surface area (TPSA) is 111 Å². The van der Waals surface area contributed by atoms with Crippen molar-refractivity contribution in [1.82, 2.24) is 10.3 Å². The Balaban J connectivity index is 1.84. The van der Waals surface area contributed by atoms with Gasteiger partial charge in [0.1, 0.15) is 11.3 Å². The molecule has 1 aliphatic heterocycles. The van der Waals surface area contributed by atoms with E-state index in [0.717, 1.165) is 6.21 Å². The lowest BCUT2D eigenvalue weighted by Crippen LogP contribution is -2.40. The van der Waals surface area contributed by atoms with E-state index in [4.69, 9.17) is 0 Å². The number of phenols is 2. The fourth-order valence-electron chi connectivity index (χ4n) is 2.67. The van der Waals surface area contributed by atoms with Crippen LogP contribution in [0.1, 0.15) is 18.1 Å². The molecular formula is C18H15F2N3O5. The molecule has 1 heterocycles. The SMILES string of the molecule is C[C@]1(c2ccc(OC(F)F)cc2)NC(=O)N(N=Cc2cccc(O)c2O)C1=O. The monoisotopic (exact) mass is 391 g/mol. The van der Waals surface area contributed by atoms with Crippen LogP contribution in [-0.4, -0.2) is 40.0 Å².